The molecule has 0 amide bonds. The van der Waals surface area contributed by atoms with E-state index in [9.17, 15) is 0 Å². The van der Waals surface area contributed by atoms with Crippen molar-refractivity contribution >= 4 is 0 Å². The molecular weight excluding hydrogens is 268 g/mol. The lowest BCUT2D eigenvalue weighted by Crippen LogP contribution is -2.43. The third kappa shape index (κ3) is 4.82. The van der Waals surface area contributed by atoms with Crippen molar-refractivity contribution in [2.45, 2.75) is 65.5 Å². The Hall–Kier alpha value is -0.860. The average molecular weight is 303 g/mol. The van der Waals surface area contributed by atoms with E-state index in [1.54, 1.807) is 0 Å². The Morgan fingerprint density at radius 3 is 2.00 bits per heavy atom. The van der Waals surface area contributed by atoms with Crippen LogP contribution in [0.4, 0.5) is 0 Å². The molecule has 0 atom stereocenters. The summed E-state index contributed by atoms with van der Waals surface area (Å²) in [5, 5.41) is 0. The molecule has 1 fully saturated rings. The highest BCUT2D eigenvalue weighted by Gasteiger charge is 2.24. The van der Waals surface area contributed by atoms with Gasteiger partial charge in [-0.15, -0.1) is 0 Å². The van der Waals surface area contributed by atoms with Gasteiger partial charge in [-0.1, -0.05) is 45.0 Å². The molecule has 0 aromatic heterocycles. The first-order chi connectivity index (χ1) is 10.2. The maximum Gasteiger partial charge on any atom is 0.0234 e. The molecule has 124 valence electrons. The summed E-state index contributed by atoms with van der Waals surface area (Å²) in [6.07, 6.45) is 1.28. The van der Waals surface area contributed by atoms with Gasteiger partial charge in [-0.05, 0) is 56.8 Å². The summed E-state index contributed by atoms with van der Waals surface area (Å²) in [6, 6.07) is 9.23. The van der Waals surface area contributed by atoms with Crippen LogP contribution < -0.4 is 0 Å². The molecule has 0 saturated carbocycles. The second-order valence-corrected chi connectivity index (χ2v) is 8.73. The summed E-state index contributed by atoms with van der Waals surface area (Å²) in [5.74, 6) is 0. The molecule has 0 spiro atoms. The topological polar surface area (TPSA) is 6.48 Å². The van der Waals surface area contributed by atoms with Crippen LogP contribution in [0.3, 0.4) is 0 Å². The minimum Gasteiger partial charge on any atom is -0.298 e. The fourth-order valence-electron chi connectivity index (χ4n) is 3.17. The van der Waals surface area contributed by atoms with Crippen LogP contribution in [0.15, 0.2) is 24.3 Å². The normalized spacial score (nSPS) is 19.2. The molecule has 0 unspecified atom stereocenters. The summed E-state index contributed by atoms with van der Waals surface area (Å²) in [5.41, 5.74) is 3.40. The molecule has 1 saturated heterocycles. The van der Waals surface area contributed by atoms with Gasteiger partial charge in [0.15, 0.2) is 0 Å². The molecule has 1 aromatic rings. The van der Waals surface area contributed by atoms with Gasteiger partial charge in [-0.25, -0.2) is 0 Å². The standard InChI is InChI=1S/C20H34N2/c1-19(2,3)18-10-8-17(9-11-18)16-21-12-7-13-22(15-14-21)20(4,5)6/h8-11H,7,12-16H2,1-6H3. The van der Waals surface area contributed by atoms with E-state index in [2.05, 4.69) is 75.6 Å². The van der Waals surface area contributed by atoms with Crippen molar-refractivity contribution in [3.63, 3.8) is 0 Å². The van der Waals surface area contributed by atoms with Gasteiger partial charge in [0.2, 0.25) is 0 Å². The predicted octanol–water partition coefficient (Wildman–Crippen LogP) is 4.29. The highest BCUT2D eigenvalue weighted by Crippen LogP contribution is 2.23. The molecule has 0 N–H and O–H groups in total. The molecule has 0 bridgehead atoms. The maximum atomic E-state index is 2.62. The second kappa shape index (κ2) is 6.72. The summed E-state index contributed by atoms with van der Waals surface area (Å²) in [7, 11) is 0. The van der Waals surface area contributed by atoms with Crippen molar-refractivity contribution in [2.24, 2.45) is 0 Å². The molecule has 0 radical (unpaired) electrons. The van der Waals surface area contributed by atoms with Crippen LogP contribution in [0, 0.1) is 0 Å². The Morgan fingerprint density at radius 2 is 1.45 bits per heavy atom. The van der Waals surface area contributed by atoms with E-state index in [0.29, 0.717) is 5.54 Å². The zero-order chi connectivity index (χ0) is 16.4. The Bertz CT molecular complexity index is 462. The number of rotatable bonds is 2. The van der Waals surface area contributed by atoms with Crippen LogP contribution >= 0.6 is 0 Å². The third-order valence-electron chi connectivity index (χ3n) is 4.76. The summed E-state index contributed by atoms with van der Waals surface area (Å²) in [4.78, 5) is 5.23. The summed E-state index contributed by atoms with van der Waals surface area (Å²) < 4.78 is 0. The fraction of sp³-hybridized carbons (Fsp3) is 0.700. The van der Waals surface area contributed by atoms with Crippen molar-refractivity contribution in [3.8, 4) is 0 Å². The lowest BCUT2D eigenvalue weighted by Gasteiger charge is -2.34. The fourth-order valence-corrected chi connectivity index (χ4v) is 3.17. The zero-order valence-corrected chi connectivity index (χ0v) is 15.4. The molecular formula is C20H34N2. The molecule has 0 aliphatic carbocycles. The Kier molecular flexibility index (Phi) is 5.34. The second-order valence-electron chi connectivity index (χ2n) is 8.73. The van der Waals surface area contributed by atoms with Crippen molar-refractivity contribution < 1.29 is 0 Å². The van der Waals surface area contributed by atoms with E-state index in [1.807, 2.05) is 0 Å². The van der Waals surface area contributed by atoms with Crippen LogP contribution in [0.2, 0.25) is 0 Å². The van der Waals surface area contributed by atoms with E-state index in [1.165, 1.54) is 43.7 Å². The van der Waals surface area contributed by atoms with E-state index in [-0.39, 0.29) is 5.41 Å². The molecule has 1 aromatic carbocycles. The summed E-state index contributed by atoms with van der Waals surface area (Å²) in [6.45, 7) is 19.7. The first-order valence-corrected chi connectivity index (χ1v) is 8.73. The smallest absolute Gasteiger partial charge is 0.0234 e. The quantitative estimate of drug-likeness (QED) is 0.804. The van der Waals surface area contributed by atoms with Gasteiger partial charge in [0.05, 0.1) is 0 Å². The number of benzene rings is 1. The van der Waals surface area contributed by atoms with Gasteiger partial charge >= 0.3 is 0 Å². The van der Waals surface area contributed by atoms with Gasteiger partial charge in [0.1, 0.15) is 0 Å². The molecule has 2 heteroatoms. The Balaban J connectivity index is 1.94. The van der Waals surface area contributed by atoms with Crippen LogP contribution in [0.5, 0.6) is 0 Å². The van der Waals surface area contributed by atoms with Gasteiger partial charge in [-0.3, -0.25) is 9.80 Å². The SMILES string of the molecule is CC(C)(C)c1ccc(CN2CCCN(C(C)(C)C)CC2)cc1. The molecule has 2 rings (SSSR count). The third-order valence-corrected chi connectivity index (χ3v) is 4.76. The molecule has 1 aliphatic heterocycles. The predicted molar refractivity (Wildman–Crippen MR) is 96.4 cm³/mol. The van der Waals surface area contributed by atoms with Crippen LogP contribution in [-0.2, 0) is 12.0 Å². The Morgan fingerprint density at radius 1 is 0.818 bits per heavy atom. The van der Waals surface area contributed by atoms with E-state index in [4.69, 9.17) is 0 Å². The number of nitrogens with zero attached hydrogens (tertiary/aromatic N) is 2. The first kappa shape index (κ1) is 17.5. The van der Waals surface area contributed by atoms with Crippen molar-refractivity contribution in [3.05, 3.63) is 35.4 Å². The Labute approximate surface area is 137 Å². The monoisotopic (exact) mass is 302 g/mol. The van der Waals surface area contributed by atoms with Crippen molar-refractivity contribution in [1.82, 2.24) is 9.80 Å². The lowest BCUT2D eigenvalue weighted by atomic mass is 9.87. The van der Waals surface area contributed by atoms with E-state index in [0.717, 1.165) is 6.54 Å². The van der Waals surface area contributed by atoms with Gasteiger partial charge < -0.3 is 0 Å². The minimum atomic E-state index is 0.244. The van der Waals surface area contributed by atoms with Crippen LogP contribution in [0.25, 0.3) is 0 Å². The van der Waals surface area contributed by atoms with Crippen molar-refractivity contribution in [1.29, 1.82) is 0 Å². The van der Waals surface area contributed by atoms with E-state index < -0.39 is 0 Å². The van der Waals surface area contributed by atoms with Gasteiger partial charge in [0, 0.05) is 25.2 Å². The molecule has 2 nitrogen and oxygen atoms in total. The van der Waals surface area contributed by atoms with Crippen LogP contribution in [0.1, 0.15) is 59.1 Å². The number of hydrogen-bond donors (Lipinski definition) is 0. The van der Waals surface area contributed by atoms with Crippen molar-refractivity contribution in [2.75, 3.05) is 26.2 Å². The average Bonchev–Trinajstić information content (AvgIpc) is 2.63. The van der Waals surface area contributed by atoms with Crippen LogP contribution in [-0.4, -0.2) is 41.5 Å². The molecule has 1 heterocycles. The summed E-state index contributed by atoms with van der Waals surface area (Å²) >= 11 is 0. The molecule has 1 aliphatic rings. The minimum absolute atomic E-state index is 0.244. The highest BCUT2D eigenvalue weighted by atomic mass is 15.2. The molecule has 22 heavy (non-hydrogen) atoms. The zero-order valence-electron chi connectivity index (χ0n) is 15.4. The van der Waals surface area contributed by atoms with Gasteiger partial charge in [-0.2, -0.15) is 0 Å². The largest absolute Gasteiger partial charge is 0.298 e. The highest BCUT2D eigenvalue weighted by molar-refractivity contribution is 5.27. The first-order valence-electron chi connectivity index (χ1n) is 8.73. The van der Waals surface area contributed by atoms with Gasteiger partial charge in [0.25, 0.3) is 0 Å². The van der Waals surface area contributed by atoms with E-state index >= 15 is 0 Å². The maximum absolute atomic E-state index is 2.62. The number of hydrogen-bond acceptors (Lipinski definition) is 2. The lowest BCUT2D eigenvalue weighted by molar-refractivity contribution is 0.140.